The van der Waals surface area contributed by atoms with Gasteiger partial charge in [0.1, 0.15) is 0 Å². The first-order valence-corrected chi connectivity index (χ1v) is 6.50. The Balaban J connectivity index is 2.19. The third kappa shape index (κ3) is 4.98. The highest BCUT2D eigenvalue weighted by atomic mass is 16.5. The van der Waals surface area contributed by atoms with Crippen LogP contribution in [-0.2, 0) is 4.74 Å². The van der Waals surface area contributed by atoms with Crippen molar-refractivity contribution in [2.45, 2.75) is 59.1 Å². The van der Waals surface area contributed by atoms with E-state index in [1.165, 1.54) is 19.3 Å². The Bertz CT molecular complexity index is 166. The molecule has 0 aliphatic heterocycles. The monoisotopic (exact) mass is 213 g/mol. The molecule has 0 aromatic carbocycles. The smallest absolute Gasteiger partial charge is 0.0626 e. The molecule has 1 saturated carbocycles. The normalized spacial score (nSPS) is 20.6. The van der Waals surface area contributed by atoms with Crippen molar-refractivity contribution in [3.8, 4) is 0 Å². The molecule has 2 unspecified atom stereocenters. The summed E-state index contributed by atoms with van der Waals surface area (Å²) in [6.45, 7) is 10.8. The predicted molar refractivity (Wildman–Crippen MR) is 65.1 cm³/mol. The van der Waals surface area contributed by atoms with Crippen LogP contribution in [0.4, 0.5) is 0 Å². The van der Waals surface area contributed by atoms with Gasteiger partial charge in [0.2, 0.25) is 0 Å². The van der Waals surface area contributed by atoms with E-state index in [9.17, 15) is 0 Å². The average Bonchev–Trinajstić information content (AvgIpc) is 3.01. The summed E-state index contributed by atoms with van der Waals surface area (Å²) < 4.78 is 5.90. The van der Waals surface area contributed by atoms with Crippen molar-refractivity contribution in [3.63, 3.8) is 0 Å². The zero-order chi connectivity index (χ0) is 11.3. The van der Waals surface area contributed by atoms with Crippen LogP contribution in [0.25, 0.3) is 0 Å². The summed E-state index contributed by atoms with van der Waals surface area (Å²) in [5, 5.41) is 3.60. The van der Waals surface area contributed by atoms with Gasteiger partial charge in [-0.2, -0.15) is 0 Å². The Morgan fingerprint density at radius 3 is 2.40 bits per heavy atom. The lowest BCUT2D eigenvalue weighted by molar-refractivity contribution is 0.0189. The lowest BCUT2D eigenvalue weighted by Gasteiger charge is -2.22. The second-order valence-electron chi connectivity index (χ2n) is 5.18. The van der Waals surface area contributed by atoms with Gasteiger partial charge < -0.3 is 10.1 Å². The highest BCUT2D eigenvalue weighted by Gasteiger charge is 2.31. The minimum Gasteiger partial charge on any atom is -0.377 e. The zero-order valence-electron chi connectivity index (χ0n) is 10.8. The Labute approximate surface area is 94.8 Å². The molecule has 15 heavy (non-hydrogen) atoms. The van der Waals surface area contributed by atoms with E-state index in [-0.39, 0.29) is 0 Å². The third-order valence-corrected chi connectivity index (χ3v) is 3.33. The van der Waals surface area contributed by atoms with E-state index in [1.54, 1.807) is 0 Å². The molecule has 0 heterocycles. The van der Waals surface area contributed by atoms with Crippen LogP contribution >= 0.6 is 0 Å². The van der Waals surface area contributed by atoms with Crippen molar-refractivity contribution in [1.29, 1.82) is 0 Å². The van der Waals surface area contributed by atoms with Crippen molar-refractivity contribution < 1.29 is 4.74 Å². The van der Waals surface area contributed by atoms with E-state index in [2.05, 4.69) is 33.0 Å². The van der Waals surface area contributed by atoms with E-state index >= 15 is 0 Å². The molecule has 0 amide bonds. The molecule has 0 aromatic rings. The Kier molecular flexibility index (Phi) is 5.62. The molecule has 2 atom stereocenters. The van der Waals surface area contributed by atoms with Gasteiger partial charge >= 0.3 is 0 Å². The molecule has 1 fully saturated rings. The van der Waals surface area contributed by atoms with Crippen LogP contribution < -0.4 is 5.32 Å². The summed E-state index contributed by atoms with van der Waals surface area (Å²) in [5.74, 6) is 1.51. The van der Waals surface area contributed by atoms with E-state index in [1.807, 2.05) is 0 Å². The molecule has 2 heteroatoms. The molecule has 1 aliphatic rings. The zero-order valence-corrected chi connectivity index (χ0v) is 10.8. The molecule has 0 spiro atoms. The van der Waals surface area contributed by atoms with Crippen LogP contribution in [0.1, 0.15) is 47.0 Å². The number of hydrogen-bond acceptors (Lipinski definition) is 2. The molecule has 0 radical (unpaired) electrons. The number of nitrogens with one attached hydrogen (secondary N) is 1. The first kappa shape index (κ1) is 13.0. The van der Waals surface area contributed by atoms with Gasteiger partial charge in [0.15, 0.2) is 0 Å². The van der Waals surface area contributed by atoms with E-state index in [4.69, 9.17) is 4.74 Å². The van der Waals surface area contributed by atoms with Gasteiger partial charge in [0.05, 0.1) is 12.7 Å². The van der Waals surface area contributed by atoms with Crippen molar-refractivity contribution in [2.24, 2.45) is 11.8 Å². The molecule has 1 rings (SSSR count). The molecule has 1 aliphatic carbocycles. The average molecular weight is 213 g/mol. The summed E-state index contributed by atoms with van der Waals surface area (Å²) in [6, 6.07) is 0.603. The predicted octanol–water partition coefficient (Wildman–Crippen LogP) is 2.83. The molecular weight excluding hydrogens is 186 g/mol. The molecule has 0 aromatic heterocycles. The van der Waals surface area contributed by atoms with Gasteiger partial charge in [-0.3, -0.25) is 0 Å². The fourth-order valence-electron chi connectivity index (χ4n) is 1.64. The van der Waals surface area contributed by atoms with Crippen molar-refractivity contribution >= 4 is 0 Å². The van der Waals surface area contributed by atoms with Gasteiger partial charge in [-0.15, -0.1) is 0 Å². The maximum atomic E-state index is 5.90. The SMILES string of the molecule is CCCNC(COC(C)C(C)C)C1CC1. The summed E-state index contributed by atoms with van der Waals surface area (Å²) >= 11 is 0. The van der Waals surface area contributed by atoms with E-state index < -0.39 is 0 Å². The van der Waals surface area contributed by atoms with Crippen LogP contribution in [-0.4, -0.2) is 25.3 Å². The summed E-state index contributed by atoms with van der Waals surface area (Å²) in [7, 11) is 0. The second-order valence-corrected chi connectivity index (χ2v) is 5.18. The minimum absolute atomic E-state index is 0.384. The quantitative estimate of drug-likeness (QED) is 0.669. The van der Waals surface area contributed by atoms with Gasteiger partial charge in [0, 0.05) is 6.04 Å². The lowest BCUT2D eigenvalue weighted by atomic mass is 10.1. The number of ether oxygens (including phenoxy) is 1. The van der Waals surface area contributed by atoms with Crippen LogP contribution in [0.3, 0.4) is 0 Å². The van der Waals surface area contributed by atoms with Crippen LogP contribution in [0.2, 0.25) is 0 Å². The van der Waals surface area contributed by atoms with Crippen molar-refractivity contribution in [2.75, 3.05) is 13.2 Å². The molecule has 1 N–H and O–H groups in total. The summed E-state index contributed by atoms with van der Waals surface area (Å²) in [4.78, 5) is 0. The fraction of sp³-hybridized carbons (Fsp3) is 1.00. The van der Waals surface area contributed by atoms with Crippen molar-refractivity contribution in [3.05, 3.63) is 0 Å². The number of hydrogen-bond donors (Lipinski definition) is 1. The summed E-state index contributed by atoms with van der Waals surface area (Å²) in [6.07, 6.45) is 4.37. The first-order chi connectivity index (χ1) is 7.15. The topological polar surface area (TPSA) is 21.3 Å². The Hall–Kier alpha value is -0.0800. The maximum absolute atomic E-state index is 5.90. The molecular formula is C13H27NO. The first-order valence-electron chi connectivity index (χ1n) is 6.50. The molecule has 2 nitrogen and oxygen atoms in total. The Morgan fingerprint density at radius 1 is 1.27 bits per heavy atom. The van der Waals surface area contributed by atoms with Gasteiger partial charge in [-0.1, -0.05) is 20.8 Å². The maximum Gasteiger partial charge on any atom is 0.0626 e. The van der Waals surface area contributed by atoms with E-state index in [0.717, 1.165) is 19.1 Å². The largest absolute Gasteiger partial charge is 0.377 e. The molecule has 0 saturated heterocycles. The Morgan fingerprint density at radius 2 is 1.93 bits per heavy atom. The standard InChI is InChI=1S/C13H27NO/c1-5-8-14-13(12-6-7-12)9-15-11(4)10(2)3/h10-14H,5-9H2,1-4H3. The summed E-state index contributed by atoms with van der Waals surface area (Å²) in [5.41, 5.74) is 0. The third-order valence-electron chi connectivity index (χ3n) is 3.33. The highest BCUT2D eigenvalue weighted by Crippen LogP contribution is 2.33. The van der Waals surface area contributed by atoms with Crippen molar-refractivity contribution in [1.82, 2.24) is 5.32 Å². The van der Waals surface area contributed by atoms with Gasteiger partial charge in [-0.05, 0) is 44.6 Å². The lowest BCUT2D eigenvalue weighted by Crippen LogP contribution is -2.37. The molecule has 0 bridgehead atoms. The van der Waals surface area contributed by atoms with Gasteiger partial charge in [-0.25, -0.2) is 0 Å². The van der Waals surface area contributed by atoms with Crippen LogP contribution in [0, 0.1) is 11.8 Å². The fourth-order valence-corrected chi connectivity index (χ4v) is 1.64. The van der Waals surface area contributed by atoms with E-state index in [0.29, 0.717) is 18.1 Å². The second kappa shape index (κ2) is 6.49. The van der Waals surface area contributed by atoms with Crippen LogP contribution in [0.5, 0.6) is 0 Å². The highest BCUT2D eigenvalue weighted by molar-refractivity contribution is 4.86. The van der Waals surface area contributed by atoms with Gasteiger partial charge in [0.25, 0.3) is 0 Å². The molecule has 90 valence electrons. The minimum atomic E-state index is 0.384. The number of rotatable bonds is 8. The van der Waals surface area contributed by atoms with Crippen LogP contribution in [0.15, 0.2) is 0 Å².